The fourth-order valence-corrected chi connectivity index (χ4v) is 3.05. The Hall–Kier alpha value is -3.86. The highest BCUT2D eigenvalue weighted by molar-refractivity contribution is 6.07. The third-order valence-corrected chi connectivity index (χ3v) is 4.54. The minimum Gasteiger partial charge on any atom is -0.267 e. The number of carbonyl (C=O) groups excluding carboxylic acids is 1. The molecule has 0 aliphatic carbocycles. The minimum absolute atomic E-state index is 0.357. The van der Waals surface area contributed by atoms with Crippen LogP contribution in [0.2, 0.25) is 0 Å². The zero-order valence-corrected chi connectivity index (χ0v) is 15.8. The van der Waals surface area contributed by atoms with Gasteiger partial charge in [0.05, 0.1) is 23.0 Å². The SMILES string of the molecule is Cc1ccc(-c2cc(C(=O)N/N=C/c3cccc(F)c3)c3ccccc3n2)cc1. The van der Waals surface area contributed by atoms with Crippen LogP contribution >= 0.6 is 0 Å². The number of nitrogens with one attached hydrogen (secondary N) is 1. The molecule has 1 N–H and O–H groups in total. The monoisotopic (exact) mass is 383 g/mol. The molecule has 0 aliphatic rings. The van der Waals surface area contributed by atoms with Crippen LogP contribution in [0.15, 0.2) is 84.0 Å². The molecule has 29 heavy (non-hydrogen) atoms. The maximum Gasteiger partial charge on any atom is 0.272 e. The first-order valence-electron chi connectivity index (χ1n) is 9.16. The Kier molecular flexibility index (Phi) is 5.12. The number of benzene rings is 3. The summed E-state index contributed by atoms with van der Waals surface area (Å²) in [6.45, 7) is 2.02. The molecule has 5 heteroatoms. The second-order valence-corrected chi connectivity index (χ2v) is 6.69. The normalized spacial score (nSPS) is 11.1. The number of amides is 1. The molecule has 0 spiro atoms. The van der Waals surface area contributed by atoms with Gasteiger partial charge in [0.15, 0.2) is 0 Å². The van der Waals surface area contributed by atoms with Gasteiger partial charge in [-0.3, -0.25) is 4.79 Å². The molecule has 4 nitrogen and oxygen atoms in total. The Labute approximate surface area is 167 Å². The summed E-state index contributed by atoms with van der Waals surface area (Å²) in [6.07, 6.45) is 1.41. The lowest BCUT2D eigenvalue weighted by Crippen LogP contribution is -2.18. The molecule has 0 saturated heterocycles. The van der Waals surface area contributed by atoms with Crippen molar-refractivity contribution in [3.63, 3.8) is 0 Å². The van der Waals surface area contributed by atoms with Crippen LogP contribution < -0.4 is 5.43 Å². The zero-order chi connectivity index (χ0) is 20.2. The number of aryl methyl sites for hydroxylation is 1. The Morgan fingerprint density at radius 1 is 1.00 bits per heavy atom. The van der Waals surface area contributed by atoms with E-state index < -0.39 is 0 Å². The Morgan fingerprint density at radius 3 is 2.59 bits per heavy atom. The van der Waals surface area contributed by atoms with Gasteiger partial charge in [-0.25, -0.2) is 14.8 Å². The number of aromatic nitrogens is 1. The molecule has 4 rings (SSSR count). The number of rotatable bonds is 4. The van der Waals surface area contributed by atoms with Gasteiger partial charge in [-0.05, 0) is 36.8 Å². The third-order valence-electron chi connectivity index (χ3n) is 4.54. The molecule has 1 heterocycles. The smallest absolute Gasteiger partial charge is 0.267 e. The second-order valence-electron chi connectivity index (χ2n) is 6.69. The predicted octanol–water partition coefficient (Wildman–Crippen LogP) is 5.11. The summed E-state index contributed by atoms with van der Waals surface area (Å²) in [5, 5.41) is 4.71. The lowest BCUT2D eigenvalue weighted by Gasteiger charge is -2.09. The van der Waals surface area contributed by atoms with Gasteiger partial charge in [0.2, 0.25) is 0 Å². The molecule has 142 valence electrons. The number of nitrogens with zero attached hydrogens (tertiary/aromatic N) is 2. The van der Waals surface area contributed by atoms with Gasteiger partial charge >= 0.3 is 0 Å². The fourth-order valence-electron chi connectivity index (χ4n) is 3.05. The average molecular weight is 383 g/mol. The molecule has 0 aliphatic heterocycles. The van der Waals surface area contributed by atoms with Crippen molar-refractivity contribution in [3.8, 4) is 11.3 Å². The van der Waals surface area contributed by atoms with Crippen LogP contribution in [0, 0.1) is 12.7 Å². The van der Waals surface area contributed by atoms with Crippen LogP contribution in [0.3, 0.4) is 0 Å². The number of fused-ring (bicyclic) bond motifs is 1. The first kappa shape index (κ1) is 18.5. The number of carbonyl (C=O) groups is 1. The standard InChI is InChI=1S/C24H18FN3O/c1-16-9-11-18(12-10-16)23-14-21(20-7-2-3-8-22(20)27-23)24(29)28-26-15-17-5-4-6-19(25)13-17/h2-15H,1H3,(H,28,29)/b26-15+. The summed E-state index contributed by atoms with van der Waals surface area (Å²) in [4.78, 5) is 17.5. The van der Waals surface area contributed by atoms with Crippen molar-refractivity contribution in [1.82, 2.24) is 10.4 Å². The van der Waals surface area contributed by atoms with Gasteiger partial charge in [0.25, 0.3) is 5.91 Å². The van der Waals surface area contributed by atoms with E-state index in [9.17, 15) is 9.18 Å². The molecule has 0 radical (unpaired) electrons. The van der Waals surface area contributed by atoms with E-state index in [1.807, 2.05) is 55.5 Å². The Bertz CT molecular complexity index is 1220. The first-order chi connectivity index (χ1) is 14.1. The lowest BCUT2D eigenvalue weighted by molar-refractivity contribution is 0.0956. The van der Waals surface area contributed by atoms with Crippen LogP contribution in [0.4, 0.5) is 4.39 Å². The maximum atomic E-state index is 13.3. The van der Waals surface area contributed by atoms with Gasteiger partial charge in [0.1, 0.15) is 5.82 Å². The van der Waals surface area contributed by atoms with E-state index >= 15 is 0 Å². The van der Waals surface area contributed by atoms with Crippen molar-refractivity contribution in [3.05, 3.63) is 101 Å². The molecule has 1 aromatic heterocycles. The van der Waals surface area contributed by atoms with Crippen molar-refractivity contribution in [2.24, 2.45) is 5.10 Å². The van der Waals surface area contributed by atoms with E-state index in [1.54, 1.807) is 18.2 Å². The highest BCUT2D eigenvalue weighted by Gasteiger charge is 2.13. The number of halogens is 1. The number of para-hydroxylation sites is 1. The molecule has 0 atom stereocenters. The summed E-state index contributed by atoms with van der Waals surface area (Å²) in [5.41, 5.74) is 7.08. The number of hydrogen-bond acceptors (Lipinski definition) is 3. The summed E-state index contributed by atoms with van der Waals surface area (Å²) in [7, 11) is 0. The van der Waals surface area contributed by atoms with E-state index in [1.165, 1.54) is 18.3 Å². The summed E-state index contributed by atoms with van der Waals surface area (Å²) in [5.74, 6) is -0.715. The first-order valence-corrected chi connectivity index (χ1v) is 9.16. The molecule has 0 saturated carbocycles. The zero-order valence-electron chi connectivity index (χ0n) is 15.8. The molecule has 4 aromatic rings. The van der Waals surface area contributed by atoms with Gasteiger partial charge in [-0.15, -0.1) is 0 Å². The van der Waals surface area contributed by atoms with E-state index in [4.69, 9.17) is 4.98 Å². The van der Waals surface area contributed by atoms with Gasteiger partial charge < -0.3 is 0 Å². The Morgan fingerprint density at radius 2 is 1.79 bits per heavy atom. The molecule has 0 bridgehead atoms. The van der Waals surface area contributed by atoms with Crippen molar-refractivity contribution >= 4 is 23.0 Å². The van der Waals surface area contributed by atoms with Gasteiger partial charge in [0, 0.05) is 10.9 Å². The van der Waals surface area contributed by atoms with E-state index in [2.05, 4.69) is 10.5 Å². The van der Waals surface area contributed by atoms with E-state index in [-0.39, 0.29) is 11.7 Å². The highest BCUT2D eigenvalue weighted by Crippen LogP contribution is 2.25. The molecular formula is C24H18FN3O. The quantitative estimate of drug-likeness (QED) is 0.393. The average Bonchev–Trinajstić information content (AvgIpc) is 2.73. The van der Waals surface area contributed by atoms with Crippen LogP contribution in [-0.4, -0.2) is 17.1 Å². The van der Waals surface area contributed by atoms with Crippen molar-refractivity contribution in [2.45, 2.75) is 6.92 Å². The third kappa shape index (κ3) is 4.19. The lowest BCUT2D eigenvalue weighted by atomic mass is 10.0. The van der Waals surface area contributed by atoms with E-state index in [0.717, 1.165) is 22.0 Å². The maximum absolute atomic E-state index is 13.3. The molecular weight excluding hydrogens is 365 g/mol. The Balaban J connectivity index is 1.68. The summed E-state index contributed by atoms with van der Waals surface area (Å²) in [6, 6.07) is 23.2. The van der Waals surface area contributed by atoms with E-state index in [0.29, 0.717) is 16.8 Å². The molecule has 0 unspecified atom stereocenters. The predicted molar refractivity (Wildman–Crippen MR) is 113 cm³/mol. The fraction of sp³-hybridized carbons (Fsp3) is 0.0417. The van der Waals surface area contributed by atoms with Crippen LogP contribution in [-0.2, 0) is 0 Å². The number of hydrogen-bond donors (Lipinski definition) is 1. The van der Waals surface area contributed by atoms with Crippen molar-refractivity contribution in [2.75, 3.05) is 0 Å². The highest BCUT2D eigenvalue weighted by atomic mass is 19.1. The van der Waals surface area contributed by atoms with Crippen molar-refractivity contribution < 1.29 is 9.18 Å². The van der Waals surface area contributed by atoms with Crippen LogP contribution in [0.5, 0.6) is 0 Å². The van der Waals surface area contributed by atoms with Crippen LogP contribution in [0.1, 0.15) is 21.5 Å². The van der Waals surface area contributed by atoms with Crippen molar-refractivity contribution in [1.29, 1.82) is 0 Å². The van der Waals surface area contributed by atoms with Crippen LogP contribution in [0.25, 0.3) is 22.2 Å². The number of hydrazone groups is 1. The second kappa shape index (κ2) is 8.02. The molecule has 3 aromatic carbocycles. The van der Waals surface area contributed by atoms with Gasteiger partial charge in [-0.1, -0.05) is 60.2 Å². The van der Waals surface area contributed by atoms with Gasteiger partial charge in [-0.2, -0.15) is 5.10 Å². The summed E-state index contributed by atoms with van der Waals surface area (Å²) >= 11 is 0. The molecule has 0 fully saturated rings. The topological polar surface area (TPSA) is 54.4 Å². The largest absolute Gasteiger partial charge is 0.272 e. The minimum atomic E-state index is -0.358. The summed E-state index contributed by atoms with van der Waals surface area (Å²) < 4.78 is 13.3. The molecule has 1 amide bonds. The number of pyridine rings is 1.